The largest absolute Gasteiger partial charge is 0.463 e. The molecule has 0 aliphatic heterocycles. The molecular formula is C62H128Br2N2O15Si5. The molecule has 0 saturated carbocycles. The summed E-state index contributed by atoms with van der Waals surface area (Å²) in [6.07, 6.45) is 0. The Morgan fingerprint density at radius 3 is 0.756 bits per heavy atom. The van der Waals surface area contributed by atoms with Crippen LogP contribution in [-0.2, 0) is 50.8 Å². The van der Waals surface area contributed by atoms with Gasteiger partial charge >= 0.3 is 11.9 Å². The first-order valence-corrected chi connectivity index (χ1v) is 45.5. The molecule has 86 heavy (non-hydrogen) atoms. The first-order chi connectivity index (χ1) is 38.4. The molecular weight excluding hydrogens is 1310 g/mol. The van der Waals surface area contributed by atoms with Crippen LogP contribution < -0.4 is 11.1 Å². The second-order valence-corrected chi connectivity index (χ2v) is 53.4. The van der Waals surface area contributed by atoms with E-state index >= 15 is 0 Å². The number of hydrogen-bond donors (Lipinski definition) is 6. The Balaban J connectivity index is -0.000000173. The van der Waals surface area contributed by atoms with Crippen LogP contribution in [0, 0.1) is 0 Å². The molecule has 0 saturated heterocycles. The van der Waals surface area contributed by atoms with Crippen LogP contribution in [0.3, 0.4) is 0 Å². The van der Waals surface area contributed by atoms with Crippen molar-refractivity contribution in [1.29, 1.82) is 0 Å². The zero-order valence-corrected chi connectivity index (χ0v) is 67.4. The number of esters is 2. The van der Waals surface area contributed by atoms with Crippen molar-refractivity contribution < 1.29 is 71.2 Å². The van der Waals surface area contributed by atoms with Gasteiger partial charge in [-0.05, 0) is 124 Å². The van der Waals surface area contributed by atoms with Crippen LogP contribution in [0.25, 0.3) is 0 Å². The topological polar surface area (TPSA) is 252 Å². The van der Waals surface area contributed by atoms with Gasteiger partial charge in [0.05, 0.1) is 86.8 Å². The van der Waals surface area contributed by atoms with Gasteiger partial charge in [-0.25, -0.2) is 9.59 Å². The lowest BCUT2D eigenvalue weighted by atomic mass is 10.2. The predicted octanol–water partition coefficient (Wildman–Crippen LogP) is 13.1. The lowest BCUT2D eigenvalue weighted by Crippen LogP contribution is -2.41. The van der Waals surface area contributed by atoms with Crippen molar-refractivity contribution in [2.45, 2.75) is 195 Å². The normalized spacial score (nSPS) is 12.1. The summed E-state index contributed by atoms with van der Waals surface area (Å²) in [5.41, 5.74) is 9.85. The molecule has 0 radical (unpaired) electrons. The van der Waals surface area contributed by atoms with E-state index in [0.717, 1.165) is 45.6 Å². The summed E-state index contributed by atoms with van der Waals surface area (Å²) in [6.45, 7) is 80.5. The second kappa shape index (κ2) is 46.4. The number of ether oxygens (including phenoxy) is 2. The van der Waals surface area contributed by atoms with Gasteiger partial charge in [-0.3, -0.25) is 9.59 Å². The number of methoxy groups -OCH3 is 2. The van der Waals surface area contributed by atoms with Gasteiger partial charge in [-0.2, -0.15) is 0 Å². The van der Waals surface area contributed by atoms with Crippen LogP contribution in [-0.4, -0.2) is 189 Å². The average Bonchev–Trinajstić information content (AvgIpc) is 3.50. The number of nitrogens with one attached hydrogen (secondary N) is 1. The van der Waals surface area contributed by atoms with Crippen LogP contribution >= 0.6 is 31.9 Å². The van der Waals surface area contributed by atoms with Gasteiger partial charge in [-0.1, -0.05) is 175 Å². The van der Waals surface area contributed by atoms with Crippen molar-refractivity contribution in [2.24, 2.45) is 5.73 Å². The van der Waals surface area contributed by atoms with E-state index in [0.29, 0.717) is 55.2 Å². The zero-order valence-electron chi connectivity index (χ0n) is 59.3. The molecule has 7 N–H and O–H groups in total. The van der Waals surface area contributed by atoms with Gasteiger partial charge < -0.3 is 63.1 Å². The minimum Gasteiger partial charge on any atom is -0.463 e. The number of halogens is 2. The maximum Gasteiger partial charge on any atom is 0.375 e. The monoisotopic (exact) mass is 1440 g/mol. The van der Waals surface area contributed by atoms with Gasteiger partial charge in [0.25, 0.3) is 11.6 Å². The van der Waals surface area contributed by atoms with Gasteiger partial charge in [-0.15, -0.1) is 0 Å². The van der Waals surface area contributed by atoms with Gasteiger partial charge in [0, 0.05) is 17.2 Å². The first-order valence-electron chi connectivity index (χ1n) is 28.7. The van der Waals surface area contributed by atoms with Gasteiger partial charge in [0.1, 0.15) is 0 Å². The fourth-order valence-corrected chi connectivity index (χ4v) is 8.81. The molecule has 0 aromatic heterocycles. The molecule has 24 heteroatoms. The number of ketones is 2. The summed E-state index contributed by atoms with van der Waals surface area (Å²) in [4.78, 5) is 42.3. The number of Topliss-reactive ketones (excluding diaryl/α,β-unsaturated/α-hetero) is 2. The third kappa shape index (κ3) is 49.1. The molecule has 0 spiro atoms. The molecule has 0 aliphatic rings. The maximum absolute atomic E-state index is 11.2. The number of rotatable bonds is 28. The molecule has 0 fully saturated rings. The summed E-state index contributed by atoms with van der Waals surface area (Å²) >= 11 is 6.74. The highest BCUT2D eigenvalue weighted by Gasteiger charge is 2.40. The van der Waals surface area contributed by atoms with E-state index < -0.39 is 65.1 Å². The molecule has 0 unspecified atom stereocenters. The van der Waals surface area contributed by atoms with Crippen molar-refractivity contribution in [3.8, 4) is 0 Å². The van der Waals surface area contributed by atoms with Gasteiger partial charge in [0.2, 0.25) is 0 Å². The van der Waals surface area contributed by atoms with Crippen molar-refractivity contribution in [3.63, 3.8) is 0 Å². The van der Waals surface area contributed by atoms with Crippen LogP contribution in [0.2, 0.25) is 90.7 Å². The number of aliphatic hydroxyl groups excluding tert-OH is 4. The highest BCUT2D eigenvalue weighted by atomic mass is 79.9. The minimum absolute atomic E-state index is 0.0224. The number of carbonyl (C=O) groups excluding carboxylic acids is 4. The van der Waals surface area contributed by atoms with Crippen molar-refractivity contribution >= 4 is 97.0 Å². The molecule has 0 rings (SSSR count). The number of carbonyl (C=O) groups is 4. The Morgan fingerprint density at radius 2 is 0.593 bits per heavy atom. The SMILES string of the molecule is C=C(CBr)CO[Si](C)(C)C(C)(C)C.C=C(CBr)CO[Si](C)(C)C(C)(C)C.C=C(CNCC(=O)C(=O)OC)CO[Si](C)(C)C(C)(C)C.C=C(CO)CO.C=C(CO)CO[Si](C)(C)C(C)(C)C.C=C(CO)CO[Si](C)(C)C(C)(C)C.COC(=O)C(=O)CN. The summed E-state index contributed by atoms with van der Waals surface area (Å²) in [7, 11) is -5.90. The number of hydrogen-bond acceptors (Lipinski definition) is 17. The fourth-order valence-electron chi connectivity index (χ4n) is 3.50. The van der Waals surface area contributed by atoms with Crippen molar-refractivity contribution in [2.75, 3.05) is 104 Å². The van der Waals surface area contributed by atoms with E-state index in [1.165, 1.54) is 7.11 Å². The number of aliphatic hydroxyl groups is 4. The van der Waals surface area contributed by atoms with E-state index in [1.807, 2.05) is 0 Å². The quantitative estimate of drug-likeness (QED) is 0.0140. The third-order valence-electron chi connectivity index (χ3n) is 15.2. The summed E-state index contributed by atoms with van der Waals surface area (Å²) in [5, 5.41) is 39.4. The molecule has 0 heterocycles. The van der Waals surface area contributed by atoms with Crippen LogP contribution in [0.5, 0.6) is 0 Å². The zero-order chi connectivity index (χ0) is 70.3. The molecule has 0 amide bonds. The standard InChI is InChI=1S/C14H27NO4Si.2C10H21BrOSi.2C10H22O2Si.C4H7NO3.C4H8O2/c1-11(8-15-9-12(16)13(17)18-5)10-19-20(6,7)14(2,3)4;4*1-9(7-11)8-12-13(5,6)10(2,3)4;1-8-4(7)3(6)2-5;1-4(2-5)3-6/h15H,1,8-10H2,2-7H3;2*1,7-8H2,2-6H3;2*11H,1,7-8H2,2-6H3;2,5H2,1H3;5-6H,1-3H2. The summed E-state index contributed by atoms with van der Waals surface area (Å²) in [6, 6.07) is 0. The Bertz CT molecular complexity index is 1840. The summed E-state index contributed by atoms with van der Waals surface area (Å²) in [5.74, 6) is -3.01. The summed E-state index contributed by atoms with van der Waals surface area (Å²) < 4.78 is 37.9. The Labute approximate surface area is 547 Å². The first kappa shape index (κ1) is 97.9. The predicted molar refractivity (Wildman–Crippen MR) is 382 cm³/mol. The minimum atomic E-state index is -1.78. The average molecular weight is 1440 g/mol. The molecule has 0 aromatic rings. The van der Waals surface area contributed by atoms with E-state index in [9.17, 15) is 19.2 Å². The molecule has 0 aliphatic carbocycles. The lowest BCUT2D eigenvalue weighted by molar-refractivity contribution is -0.151. The van der Waals surface area contributed by atoms with Crippen LogP contribution in [0.1, 0.15) is 104 Å². The second-order valence-electron chi connectivity index (χ2n) is 28.3. The van der Waals surface area contributed by atoms with Crippen molar-refractivity contribution in [1.82, 2.24) is 5.32 Å². The molecule has 0 atom stereocenters. The Kier molecular flexibility index (Phi) is 52.8. The highest BCUT2D eigenvalue weighted by molar-refractivity contribution is 9.09. The molecule has 0 bridgehead atoms. The van der Waals surface area contributed by atoms with E-state index in [4.69, 9.17) is 48.3 Å². The maximum atomic E-state index is 11.2. The Morgan fingerprint density at radius 1 is 0.384 bits per heavy atom. The third-order valence-corrected chi connectivity index (χ3v) is 39.1. The smallest absolute Gasteiger partial charge is 0.375 e. The lowest BCUT2D eigenvalue weighted by Gasteiger charge is -2.36. The van der Waals surface area contributed by atoms with E-state index in [2.05, 4.69) is 255 Å². The van der Waals surface area contributed by atoms with Crippen LogP contribution in [0.15, 0.2) is 72.9 Å². The van der Waals surface area contributed by atoms with E-state index in [-0.39, 0.29) is 54.6 Å². The van der Waals surface area contributed by atoms with Gasteiger partial charge in [0.15, 0.2) is 41.6 Å². The number of alkyl halides is 2. The van der Waals surface area contributed by atoms with E-state index in [1.54, 1.807) is 0 Å². The highest BCUT2D eigenvalue weighted by Crippen LogP contribution is 2.40. The van der Waals surface area contributed by atoms with Crippen LogP contribution in [0.4, 0.5) is 0 Å². The number of nitrogens with two attached hydrogens (primary N) is 1. The molecule has 17 nitrogen and oxygen atoms in total. The fraction of sp³-hybridized carbons (Fsp3) is 0.742. The molecule has 510 valence electrons. The molecule has 0 aromatic carbocycles. The Hall–Kier alpha value is -1.68. The van der Waals surface area contributed by atoms with Crippen molar-refractivity contribution in [3.05, 3.63) is 72.9 Å².